The molecule has 1 saturated carbocycles. The van der Waals surface area contributed by atoms with Crippen LogP contribution in [0.3, 0.4) is 0 Å². The molecule has 3 rings (SSSR count). The second-order valence-electron chi connectivity index (χ2n) is 5.32. The summed E-state index contributed by atoms with van der Waals surface area (Å²) in [6.07, 6.45) is 7.47. The molecule has 19 heavy (non-hydrogen) atoms. The van der Waals surface area contributed by atoms with E-state index in [1.807, 2.05) is 21.9 Å². The van der Waals surface area contributed by atoms with Crippen molar-refractivity contribution >= 4 is 5.91 Å². The van der Waals surface area contributed by atoms with E-state index in [-0.39, 0.29) is 12.5 Å². The van der Waals surface area contributed by atoms with Crippen LogP contribution >= 0.6 is 0 Å². The lowest BCUT2D eigenvalue weighted by atomic mass is 10.0. The largest absolute Gasteiger partial charge is 0.349 e. The van der Waals surface area contributed by atoms with E-state index in [0.717, 1.165) is 36.9 Å². The minimum absolute atomic E-state index is 0.126. The fraction of sp³-hybridized carbons (Fsp3) is 0.500. The van der Waals surface area contributed by atoms with Gasteiger partial charge in [0, 0.05) is 38.1 Å². The Morgan fingerprint density at radius 3 is 2.89 bits per heavy atom. The van der Waals surface area contributed by atoms with Gasteiger partial charge in [0.05, 0.1) is 11.9 Å². The van der Waals surface area contributed by atoms with Gasteiger partial charge in [-0.15, -0.1) is 0 Å². The Hall–Kier alpha value is -1.62. The molecule has 2 N–H and O–H groups in total. The molecule has 0 spiro atoms. The van der Waals surface area contributed by atoms with E-state index in [1.54, 1.807) is 0 Å². The number of fused-ring (bicyclic) bond motifs is 1. The minimum Gasteiger partial charge on any atom is -0.349 e. The SMILES string of the molecule is NCC(=CF)Cn1cc2c(c1)C(=O)N(C1CC1)CC2. The molecule has 0 bridgehead atoms. The third-order valence-corrected chi connectivity index (χ3v) is 3.87. The molecule has 1 aliphatic carbocycles. The number of hydrogen-bond donors (Lipinski definition) is 1. The number of nitrogens with two attached hydrogens (primary N) is 1. The number of aromatic nitrogens is 1. The third kappa shape index (κ3) is 2.30. The van der Waals surface area contributed by atoms with Gasteiger partial charge in [0.15, 0.2) is 0 Å². The highest BCUT2D eigenvalue weighted by Gasteiger charge is 2.36. The first-order valence-electron chi connectivity index (χ1n) is 6.70. The second-order valence-corrected chi connectivity index (χ2v) is 5.32. The zero-order chi connectivity index (χ0) is 13.4. The molecular weight excluding hydrogens is 245 g/mol. The van der Waals surface area contributed by atoms with E-state index in [4.69, 9.17) is 5.73 Å². The lowest BCUT2D eigenvalue weighted by Crippen LogP contribution is -2.38. The van der Waals surface area contributed by atoms with E-state index < -0.39 is 0 Å². The number of carbonyl (C=O) groups is 1. The van der Waals surface area contributed by atoms with Gasteiger partial charge in [-0.3, -0.25) is 4.79 Å². The molecule has 0 radical (unpaired) electrons. The van der Waals surface area contributed by atoms with E-state index in [2.05, 4.69) is 0 Å². The van der Waals surface area contributed by atoms with Crippen molar-refractivity contribution in [3.8, 4) is 0 Å². The van der Waals surface area contributed by atoms with Crippen LogP contribution in [-0.4, -0.2) is 34.5 Å². The van der Waals surface area contributed by atoms with E-state index in [1.165, 1.54) is 0 Å². The second kappa shape index (κ2) is 4.81. The van der Waals surface area contributed by atoms with Crippen molar-refractivity contribution < 1.29 is 9.18 Å². The Labute approximate surface area is 111 Å². The van der Waals surface area contributed by atoms with Gasteiger partial charge in [0.1, 0.15) is 0 Å². The molecule has 5 heteroatoms. The fourth-order valence-corrected chi connectivity index (χ4v) is 2.65. The van der Waals surface area contributed by atoms with Gasteiger partial charge >= 0.3 is 0 Å². The number of rotatable bonds is 4. The normalized spacial score (nSPS) is 19.8. The highest BCUT2D eigenvalue weighted by molar-refractivity contribution is 5.97. The van der Waals surface area contributed by atoms with Crippen LogP contribution in [0.5, 0.6) is 0 Å². The minimum atomic E-state index is 0.126. The van der Waals surface area contributed by atoms with Crippen molar-refractivity contribution in [1.29, 1.82) is 0 Å². The third-order valence-electron chi connectivity index (χ3n) is 3.87. The summed E-state index contributed by atoms with van der Waals surface area (Å²) in [5.74, 6) is 0.126. The zero-order valence-corrected chi connectivity index (χ0v) is 10.8. The number of carbonyl (C=O) groups excluding carboxylic acids is 1. The van der Waals surface area contributed by atoms with Crippen molar-refractivity contribution in [2.24, 2.45) is 5.73 Å². The predicted octanol–water partition coefficient (Wildman–Crippen LogP) is 1.46. The summed E-state index contributed by atoms with van der Waals surface area (Å²) in [7, 11) is 0. The molecule has 0 aromatic carbocycles. The highest BCUT2D eigenvalue weighted by Crippen LogP contribution is 2.31. The Morgan fingerprint density at radius 1 is 1.47 bits per heavy atom. The van der Waals surface area contributed by atoms with Crippen molar-refractivity contribution in [2.45, 2.75) is 31.8 Å². The van der Waals surface area contributed by atoms with Crippen molar-refractivity contribution in [1.82, 2.24) is 9.47 Å². The van der Waals surface area contributed by atoms with Gasteiger partial charge in [-0.2, -0.15) is 0 Å². The molecule has 1 aromatic rings. The fourth-order valence-electron chi connectivity index (χ4n) is 2.65. The Bertz CT molecular complexity index is 531. The van der Waals surface area contributed by atoms with Crippen LogP contribution in [-0.2, 0) is 13.0 Å². The monoisotopic (exact) mass is 263 g/mol. The number of nitrogens with zero attached hydrogens (tertiary/aromatic N) is 2. The molecular formula is C14H18FN3O. The maximum atomic E-state index is 12.5. The standard InChI is InChI=1S/C14H18FN3O/c15-5-10(6-16)7-17-8-11-3-4-18(12-1-2-12)14(19)13(11)9-17/h5,8-9,12H,1-4,6-7,16H2. The van der Waals surface area contributed by atoms with Crippen LogP contribution in [0.1, 0.15) is 28.8 Å². The molecule has 0 saturated heterocycles. The average Bonchev–Trinajstić information content (AvgIpc) is 3.16. The molecule has 0 unspecified atom stereocenters. The van der Waals surface area contributed by atoms with Crippen molar-refractivity contribution in [3.63, 3.8) is 0 Å². The Kier molecular flexibility index (Phi) is 3.14. The molecule has 1 fully saturated rings. The summed E-state index contributed by atoms with van der Waals surface area (Å²) in [4.78, 5) is 14.3. The molecule has 1 aromatic heterocycles. The van der Waals surface area contributed by atoms with Gasteiger partial charge < -0.3 is 15.2 Å². The first-order valence-corrected chi connectivity index (χ1v) is 6.70. The summed E-state index contributed by atoms with van der Waals surface area (Å²) < 4.78 is 14.4. The zero-order valence-electron chi connectivity index (χ0n) is 10.8. The first-order chi connectivity index (χ1) is 9.22. The molecule has 1 amide bonds. The van der Waals surface area contributed by atoms with Gasteiger partial charge in [-0.1, -0.05) is 0 Å². The summed E-state index contributed by atoms with van der Waals surface area (Å²) >= 11 is 0. The van der Waals surface area contributed by atoms with Crippen molar-refractivity contribution in [3.05, 3.63) is 35.4 Å². The molecule has 2 aliphatic rings. The van der Waals surface area contributed by atoms with Crippen LogP contribution in [0.25, 0.3) is 0 Å². The van der Waals surface area contributed by atoms with Crippen LogP contribution in [0.4, 0.5) is 4.39 Å². The Balaban J connectivity index is 1.81. The lowest BCUT2D eigenvalue weighted by molar-refractivity contribution is 0.0727. The summed E-state index contributed by atoms with van der Waals surface area (Å²) in [6, 6.07) is 0.453. The molecule has 4 nitrogen and oxygen atoms in total. The molecule has 2 heterocycles. The summed E-state index contributed by atoms with van der Waals surface area (Å²) in [6.45, 7) is 1.42. The van der Waals surface area contributed by atoms with E-state index >= 15 is 0 Å². The van der Waals surface area contributed by atoms with Gasteiger partial charge in [-0.25, -0.2) is 4.39 Å². The quantitative estimate of drug-likeness (QED) is 0.894. The number of amides is 1. The summed E-state index contributed by atoms with van der Waals surface area (Å²) in [5.41, 5.74) is 7.82. The van der Waals surface area contributed by atoms with Crippen LogP contribution in [0.15, 0.2) is 24.3 Å². The lowest BCUT2D eigenvalue weighted by Gasteiger charge is -2.26. The molecule has 0 atom stereocenters. The van der Waals surface area contributed by atoms with Crippen LogP contribution < -0.4 is 5.73 Å². The van der Waals surface area contributed by atoms with Gasteiger partial charge in [0.25, 0.3) is 5.91 Å². The topological polar surface area (TPSA) is 51.3 Å². The highest BCUT2D eigenvalue weighted by atomic mass is 19.1. The smallest absolute Gasteiger partial charge is 0.255 e. The number of halogens is 1. The maximum absolute atomic E-state index is 12.5. The summed E-state index contributed by atoms with van der Waals surface area (Å²) in [5, 5.41) is 0. The average molecular weight is 263 g/mol. The van der Waals surface area contributed by atoms with Gasteiger partial charge in [0.2, 0.25) is 0 Å². The van der Waals surface area contributed by atoms with Gasteiger partial charge in [-0.05, 0) is 30.4 Å². The van der Waals surface area contributed by atoms with E-state index in [0.29, 0.717) is 24.5 Å². The first kappa shape index (κ1) is 12.4. The number of hydrogen-bond acceptors (Lipinski definition) is 2. The van der Waals surface area contributed by atoms with Crippen LogP contribution in [0.2, 0.25) is 0 Å². The van der Waals surface area contributed by atoms with Crippen molar-refractivity contribution in [2.75, 3.05) is 13.1 Å². The molecule has 102 valence electrons. The predicted molar refractivity (Wildman–Crippen MR) is 70.4 cm³/mol. The molecule has 1 aliphatic heterocycles. The Morgan fingerprint density at radius 2 is 2.26 bits per heavy atom. The maximum Gasteiger partial charge on any atom is 0.255 e. The van der Waals surface area contributed by atoms with E-state index in [9.17, 15) is 9.18 Å². The van der Waals surface area contributed by atoms with Crippen LogP contribution in [0, 0.1) is 0 Å².